The van der Waals surface area contributed by atoms with Gasteiger partial charge in [-0.2, -0.15) is 5.10 Å². The lowest BCUT2D eigenvalue weighted by molar-refractivity contribution is -0.135. The first-order chi connectivity index (χ1) is 16.5. The predicted molar refractivity (Wildman–Crippen MR) is 131 cm³/mol. The van der Waals surface area contributed by atoms with E-state index in [1.54, 1.807) is 4.68 Å². The third-order valence-corrected chi connectivity index (χ3v) is 7.79. The molecule has 2 heterocycles. The van der Waals surface area contributed by atoms with Gasteiger partial charge in [0.25, 0.3) is 5.91 Å². The number of hydrogen-bond acceptors (Lipinski definition) is 4. The minimum atomic E-state index is -0.946. The number of fused-ring (bicyclic) bond motifs is 1. The lowest BCUT2D eigenvalue weighted by Crippen LogP contribution is -2.67. The average molecular weight is 465 g/mol. The van der Waals surface area contributed by atoms with Crippen LogP contribution in [0.15, 0.2) is 30.3 Å². The highest BCUT2D eigenvalue weighted by Crippen LogP contribution is 2.37. The van der Waals surface area contributed by atoms with Crippen molar-refractivity contribution in [1.29, 1.82) is 0 Å². The van der Waals surface area contributed by atoms with E-state index >= 15 is 0 Å². The number of carbonyl (C=O) groups is 2. The molecule has 2 aliphatic carbocycles. The van der Waals surface area contributed by atoms with Gasteiger partial charge in [0.1, 0.15) is 17.0 Å². The van der Waals surface area contributed by atoms with Gasteiger partial charge >= 0.3 is 0 Å². The molecule has 0 spiro atoms. The van der Waals surface area contributed by atoms with E-state index in [0.29, 0.717) is 18.8 Å². The SMILES string of the molecule is CCOc1ccc(-c2cc3n(n2)CC(C)(C(=O)NC2CCCCC2)N(C2CCCC2)C3=O)cc1. The van der Waals surface area contributed by atoms with Crippen molar-refractivity contribution in [2.45, 2.75) is 95.8 Å². The summed E-state index contributed by atoms with van der Waals surface area (Å²) in [4.78, 5) is 29.5. The summed E-state index contributed by atoms with van der Waals surface area (Å²) in [5.74, 6) is 0.693. The van der Waals surface area contributed by atoms with E-state index in [9.17, 15) is 9.59 Å². The van der Waals surface area contributed by atoms with Crippen LogP contribution in [0.25, 0.3) is 11.3 Å². The van der Waals surface area contributed by atoms with E-state index in [1.165, 1.54) is 6.42 Å². The van der Waals surface area contributed by atoms with Gasteiger partial charge < -0.3 is 15.0 Å². The molecule has 1 aromatic heterocycles. The van der Waals surface area contributed by atoms with Gasteiger partial charge in [0.05, 0.1) is 18.8 Å². The smallest absolute Gasteiger partial charge is 0.273 e. The van der Waals surface area contributed by atoms with Crippen molar-refractivity contribution < 1.29 is 14.3 Å². The monoisotopic (exact) mass is 464 g/mol. The molecular formula is C27H36N4O3. The van der Waals surface area contributed by atoms with Crippen LogP contribution in [0.3, 0.4) is 0 Å². The average Bonchev–Trinajstić information content (AvgIpc) is 3.51. The molecule has 1 atom stereocenters. The number of benzene rings is 1. The van der Waals surface area contributed by atoms with E-state index in [-0.39, 0.29) is 23.9 Å². The molecule has 1 N–H and O–H groups in total. The van der Waals surface area contributed by atoms with Gasteiger partial charge in [0, 0.05) is 17.6 Å². The van der Waals surface area contributed by atoms with E-state index in [1.807, 2.05) is 49.1 Å². The van der Waals surface area contributed by atoms with Crippen LogP contribution in [0.4, 0.5) is 0 Å². The van der Waals surface area contributed by atoms with Gasteiger partial charge in [-0.05, 0) is 69.9 Å². The molecule has 0 bridgehead atoms. The maximum Gasteiger partial charge on any atom is 0.273 e. The van der Waals surface area contributed by atoms with Crippen molar-refractivity contribution in [3.63, 3.8) is 0 Å². The van der Waals surface area contributed by atoms with Crippen LogP contribution in [-0.4, -0.2) is 50.7 Å². The largest absolute Gasteiger partial charge is 0.494 e. The molecule has 1 unspecified atom stereocenters. The van der Waals surface area contributed by atoms with Gasteiger partial charge in [-0.3, -0.25) is 14.3 Å². The van der Waals surface area contributed by atoms with Crippen LogP contribution in [-0.2, 0) is 11.3 Å². The Hall–Kier alpha value is -2.83. The molecule has 2 amide bonds. The van der Waals surface area contributed by atoms with Crippen LogP contribution < -0.4 is 10.1 Å². The number of hydrogen-bond donors (Lipinski definition) is 1. The van der Waals surface area contributed by atoms with Crippen LogP contribution in [0.1, 0.15) is 82.1 Å². The summed E-state index contributed by atoms with van der Waals surface area (Å²) in [5.41, 5.74) is 1.30. The lowest BCUT2D eigenvalue weighted by Gasteiger charge is -2.47. The highest BCUT2D eigenvalue weighted by molar-refractivity contribution is 6.00. The highest BCUT2D eigenvalue weighted by atomic mass is 16.5. The number of amides is 2. The number of ether oxygens (including phenoxy) is 1. The molecular weight excluding hydrogens is 428 g/mol. The Morgan fingerprint density at radius 3 is 2.44 bits per heavy atom. The molecule has 1 aliphatic heterocycles. The Morgan fingerprint density at radius 1 is 1.09 bits per heavy atom. The summed E-state index contributed by atoms with van der Waals surface area (Å²) in [6.07, 6.45) is 9.71. The molecule has 7 heteroatoms. The Bertz CT molecular complexity index is 1030. The summed E-state index contributed by atoms with van der Waals surface area (Å²) in [6.45, 7) is 4.88. The second-order valence-corrected chi connectivity index (χ2v) is 10.2. The Morgan fingerprint density at radius 2 is 1.76 bits per heavy atom. The maximum atomic E-state index is 13.9. The van der Waals surface area contributed by atoms with E-state index < -0.39 is 5.54 Å². The van der Waals surface area contributed by atoms with E-state index in [4.69, 9.17) is 9.84 Å². The minimum Gasteiger partial charge on any atom is -0.494 e. The molecule has 5 rings (SSSR count). The molecule has 7 nitrogen and oxygen atoms in total. The zero-order valence-electron chi connectivity index (χ0n) is 20.4. The zero-order valence-corrected chi connectivity index (χ0v) is 20.4. The van der Waals surface area contributed by atoms with Gasteiger partial charge in [-0.1, -0.05) is 32.1 Å². The normalized spacial score (nSPS) is 23.7. The standard InChI is InChI=1S/C27H36N4O3/c1-3-34-22-15-13-19(14-16-22)23-17-24-25(32)31(21-11-7-8-12-21)27(2,18-30(24)29-23)26(33)28-20-9-5-4-6-10-20/h13-17,20-21H,3-12,18H2,1-2H3,(H,28,33). The van der Waals surface area contributed by atoms with Gasteiger partial charge in [-0.15, -0.1) is 0 Å². The van der Waals surface area contributed by atoms with Crippen LogP contribution in [0.5, 0.6) is 5.75 Å². The molecule has 2 saturated carbocycles. The predicted octanol–water partition coefficient (Wildman–Crippen LogP) is 4.55. The highest BCUT2D eigenvalue weighted by Gasteiger charge is 2.51. The number of nitrogens with one attached hydrogen (secondary N) is 1. The lowest BCUT2D eigenvalue weighted by atomic mass is 9.90. The van der Waals surface area contributed by atoms with Crippen molar-refractivity contribution in [3.05, 3.63) is 36.0 Å². The maximum absolute atomic E-state index is 13.9. The summed E-state index contributed by atoms with van der Waals surface area (Å²) >= 11 is 0. The first-order valence-electron chi connectivity index (χ1n) is 13.0. The molecule has 0 radical (unpaired) electrons. The van der Waals surface area contributed by atoms with Crippen molar-refractivity contribution in [1.82, 2.24) is 20.0 Å². The number of rotatable bonds is 6. The minimum absolute atomic E-state index is 0.0385. The molecule has 2 aromatic rings. The van der Waals surface area contributed by atoms with Gasteiger partial charge in [0.2, 0.25) is 5.91 Å². The third-order valence-electron chi connectivity index (χ3n) is 7.79. The van der Waals surface area contributed by atoms with Crippen LogP contribution >= 0.6 is 0 Å². The number of nitrogens with zero attached hydrogens (tertiary/aromatic N) is 3. The van der Waals surface area contributed by atoms with Crippen LogP contribution in [0.2, 0.25) is 0 Å². The fraction of sp³-hybridized carbons (Fsp3) is 0.593. The van der Waals surface area contributed by atoms with Crippen molar-refractivity contribution >= 4 is 11.8 Å². The summed E-state index contributed by atoms with van der Waals surface area (Å²) in [5, 5.41) is 8.08. The molecule has 2 fully saturated rings. The molecule has 0 saturated heterocycles. The second kappa shape index (κ2) is 9.43. The topological polar surface area (TPSA) is 76.5 Å². The molecule has 34 heavy (non-hydrogen) atoms. The first-order valence-corrected chi connectivity index (χ1v) is 13.0. The Kier molecular flexibility index (Phi) is 6.36. The van der Waals surface area contributed by atoms with Crippen molar-refractivity contribution in [2.75, 3.05) is 6.61 Å². The molecule has 1 aromatic carbocycles. The Labute approximate surface area is 201 Å². The third kappa shape index (κ3) is 4.21. The van der Waals surface area contributed by atoms with E-state index in [0.717, 1.165) is 68.4 Å². The first kappa shape index (κ1) is 22.9. The number of carbonyl (C=O) groups excluding carboxylic acids is 2. The fourth-order valence-corrected chi connectivity index (χ4v) is 5.95. The zero-order chi connectivity index (χ0) is 23.7. The fourth-order valence-electron chi connectivity index (χ4n) is 5.95. The quantitative estimate of drug-likeness (QED) is 0.680. The summed E-state index contributed by atoms with van der Waals surface area (Å²) in [6, 6.07) is 9.96. The van der Waals surface area contributed by atoms with Gasteiger partial charge in [0.15, 0.2) is 0 Å². The van der Waals surface area contributed by atoms with Crippen molar-refractivity contribution in [2.24, 2.45) is 0 Å². The molecule has 3 aliphatic rings. The van der Waals surface area contributed by atoms with Crippen LogP contribution in [0, 0.1) is 0 Å². The van der Waals surface area contributed by atoms with Crippen molar-refractivity contribution in [3.8, 4) is 17.0 Å². The number of aromatic nitrogens is 2. The van der Waals surface area contributed by atoms with E-state index in [2.05, 4.69) is 5.32 Å². The summed E-state index contributed by atoms with van der Waals surface area (Å²) < 4.78 is 7.30. The van der Waals surface area contributed by atoms with Gasteiger partial charge in [-0.25, -0.2) is 0 Å². The second-order valence-electron chi connectivity index (χ2n) is 10.2. The Balaban J connectivity index is 1.46. The molecule has 182 valence electrons. The summed E-state index contributed by atoms with van der Waals surface area (Å²) in [7, 11) is 0.